The number of hydrogen-bond acceptors (Lipinski definition) is 4. The van der Waals surface area contributed by atoms with E-state index in [0.29, 0.717) is 11.3 Å². The van der Waals surface area contributed by atoms with Crippen molar-refractivity contribution in [2.24, 2.45) is 7.05 Å². The predicted octanol–water partition coefficient (Wildman–Crippen LogP) is 2.41. The third-order valence-electron chi connectivity index (χ3n) is 3.80. The minimum Gasteiger partial charge on any atom is -0.345 e. The number of anilines is 1. The van der Waals surface area contributed by atoms with E-state index in [1.807, 2.05) is 26.1 Å². The van der Waals surface area contributed by atoms with Gasteiger partial charge in [-0.1, -0.05) is 0 Å². The molecule has 0 fully saturated rings. The molecule has 0 radical (unpaired) electrons. The number of aryl methyl sites for hydroxylation is 2. The molecule has 114 valence electrons. The quantitative estimate of drug-likeness (QED) is 0.595. The van der Waals surface area contributed by atoms with Crippen LogP contribution in [-0.4, -0.2) is 30.6 Å². The Bertz CT molecular complexity index is 1050. The number of rotatable bonds is 2. The molecule has 2 N–H and O–H groups in total. The van der Waals surface area contributed by atoms with Gasteiger partial charge in [0.1, 0.15) is 0 Å². The summed E-state index contributed by atoms with van der Waals surface area (Å²) in [6, 6.07) is 7.23. The van der Waals surface area contributed by atoms with Crippen molar-refractivity contribution in [3.63, 3.8) is 0 Å². The molecule has 0 saturated carbocycles. The van der Waals surface area contributed by atoms with Gasteiger partial charge in [0.2, 0.25) is 0 Å². The number of benzene rings is 1. The minimum absolute atomic E-state index is 0.191. The van der Waals surface area contributed by atoms with Crippen LogP contribution in [0.3, 0.4) is 0 Å². The van der Waals surface area contributed by atoms with Crippen LogP contribution >= 0.6 is 0 Å². The molecule has 3 aromatic heterocycles. The molecule has 7 nitrogen and oxygen atoms in total. The second-order valence-corrected chi connectivity index (χ2v) is 5.39. The Kier molecular flexibility index (Phi) is 2.87. The van der Waals surface area contributed by atoms with Gasteiger partial charge >= 0.3 is 0 Å². The number of carbonyl (C=O) groups is 1. The second kappa shape index (κ2) is 4.91. The zero-order valence-corrected chi connectivity index (χ0v) is 12.7. The first-order valence-electron chi connectivity index (χ1n) is 7.15. The van der Waals surface area contributed by atoms with Gasteiger partial charge in [-0.25, -0.2) is 9.97 Å². The van der Waals surface area contributed by atoms with E-state index < -0.39 is 0 Å². The zero-order chi connectivity index (χ0) is 16.0. The summed E-state index contributed by atoms with van der Waals surface area (Å²) in [5.41, 5.74) is 4.53. The number of nitrogens with one attached hydrogen (secondary N) is 2. The smallest absolute Gasteiger partial charge is 0.255 e. The lowest BCUT2D eigenvalue weighted by atomic mass is 10.2. The molecule has 0 spiro atoms. The monoisotopic (exact) mass is 306 g/mol. The summed E-state index contributed by atoms with van der Waals surface area (Å²) in [7, 11) is 1.85. The third kappa shape index (κ3) is 2.22. The first kappa shape index (κ1) is 13.4. The van der Waals surface area contributed by atoms with Gasteiger partial charge in [0.25, 0.3) is 5.91 Å². The minimum atomic E-state index is -0.191. The van der Waals surface area contributed by atoms with Crippen LogP contribution in [0.15, 0.2) is 36.8 Å². The van der Waals surface area contributed by atoms with Crippen molar-refractivity contribution in [2.45, 2.75) is 6.92 Å². The molecule has 1 amide bonds. The molecule has 23 heavy (non-hydrogen) atoms. The Hall–Kier alpha value is -3.22. The molecule has 0 aliphatic carbocycles. The highest BCUT2D eigenvalue weighted by atomic mass is 16.1. The van der Waals surface area contributed by atoms with Crippen molar-refractivity contribution < 1.29 is 4.79 Å². The van der Waals surface area contributed by atoms with E-state index >= 15 is 0 Å². The van der Waals surface area contributed by atoms with Crippen LogP contribution in [0, 0.1) is 6.92 Å². The van der Waals surface area contributed by atoms with Crippen LogP contribution in [-0.2, 0) is 7.05 Å². The first-order valence-corrected chi connectivity index (χ1v) is 7.15. The van der Waals surface area contributed by atoms with E-state index in [2.05, 4.69) is 25.4 Å². The van der Waals surface area contributed by atoms with E-state index in [1.54, 1.807) is 29.3 Å². The fraction of sp³-hybridized carbons (Fsp3) is 0.125. The first-order chi connectivity index (χ1) is 11.1. The van der Waals surface area contributed by atoms with Crippen LogP contribution in [0.1, 0.15) is 16.1 Å². The van der Waals surface area contributed by atoms with Gasteiger partial charge in [-0.3, -0.25) is 9.48 Å². The van der Waals surface area contributed by atoms with Crippen LogP contribution < -0.4 is 5.32 Å². The van der Waals surface area contributed by atoms with Gasteiger partial charge in [0.15, 0.2) is 5.65 Å². The Balaban J connectivity index is 1.66. The van der Waals surface area contributed by atoms with Crippen molar-refractivity contribution in [3.05, 3.63) is 48.0 Å². The summed E-state index contributed by atoms with van der Waals surface area (Å²) >= 11 is 0. The van der Waals surface area contributed by atoms with E-state index in [0.717, 1.165) is 27.8 Å². The predicted molar refractivity (Wildman–Crippen MR) is 87.3 cm³/mol. The molecular weight excluding hydrogens is 292 g/mol. The molecule has 4 aromatic rings. The summed E-state index contributed by atoms with van der Waals surface area (Å²) in [6.45, 7) is 1.92. The largest absolute Gasteiger partial charge is 0.345 e. The molecule has 1 aromatic carbocycles. The van der Waals surface area contributed by atoms with Gasteiger partial charge in [-0.15, -0.1) is 0 Å². The molecule has 7 heteroatoms. The molecule has 0 aliphatic rings. The standard InChI is InChI=1S/C16H14N6O/c1-9-12-6-11(7-17-15(12)22(2)21-9)20-16(23)10-3-4-13-14(5-10)19-8-18-13/h3-8H,1-2H3,(H,18,19)(H,20,23). The number of imidazole rings is 1. The summed E-state index contributed by atoms with van der Waals surface area (Å²) in [5.74, 6) is -0.191. The maximum atomic E-state index is 12.4. The van der Waals surface area contributed by atoms with Gasteiger partial charge in [0.05, 0.1) is 34.9 Å². The highest BCUT2D eigenvalue weighted by Gasteiger charge is 2.11. The third-order valence-corrected chi connectivity index (χ3v) is 3.80. The number of pyridine rings is 1. The Morgan fingerprint density at radius 3 is 3.00 bits per heavy atom. The average molecular weight is 306 g/mol. The molecule has 3 heterocycles. The van der Waals surface area contributed by atoms with Crippen LogP contribution in [0.5, 0.6) is 0 Å². The highest BCUT2D eigenvalue weighted by molar-refractivity contribution is 6.06. The maximum Gasteiger partial charge on any atom is 0.255 e. The summed E-state index contributed by atoms with van der Waals surface area (Å²) in [6.07, 6.45) is 3.24. The lowest BCUT2D eigenvalue weighted by Crippen LogP contribution is -2.12. The summed E-state index contributed by atoms with van der Waals surface area (Å²) in [5, 5.41) is 8.12. The number of hydrogen-bond donors (Lipinski definition) is 2. The van der Waals surface area contributed by atoms with E-state index in [9.17, 15) is 4.79 Å². The molecule has 0 aliphatic heterocycles. The molecule has 0 bridgehead atoms. The van der Waals surface area contributed by atoms with Crippen molar-refractivity contribution in [3.8, 4) is 0 Å². The SMILES string of the molecule is Cc1nn(C)c2ncc(NC(=O)c3ccc4nc[nH]c4c3)cc12. The molecular formula is C16H14N6O. The molecule has 0 atom stereocenters. The fourth-order valence-corrected chi connectivity index (χ4v) is 2.66. The zero-order valence-electron chi connectivity index (χ0n) is 12.7. The molecule has 0 unspecified atom stereocenters. The topological polar surface area (TPSA) is 88.5 Å². The molecule has 0 saturated heterocycles. The summed E-state index contributed by atoms with van der Waals surface area (Å²) < 4.78 is 1.72. The van der Waals surface area contributed by atoms with Crippen LogP contribution in [0.4, 0.5) is 5.69 Å². The van der Waals surface area contributed by atoms with Gasteiger partial charge in [-0.05, 0) is 31.2 Å². The number of carbonyl (C=O) groups excluding carboxylic acids is 1. The van der Waals surface area contributed by atoms with Crippen molar-refractivity contribution in [1.29, 1.82) is 0 Å². The van der Waals surface area contributed by atoms with Crippen molar-refractivity contribution in [1.82, 2.24) is 24.7 Å². The number of fused-ring (bicyclic) bond motifs is 2. The fourth-order valence-electron chi connectivity index (χ4n) is 2.66. The highest BCUT2D eigenvalue weighted by Crippen LogP contribution is 2.20. The lowest BCUT2D eigenvalue weighted by molar-refractivity contribution is 0.102. The molecule has 4 rings (SSSR count). The lowest BCUT2D eigenvalue weighted by Gasteiger charge is -2.05. The number of nitrogens with zero attached hydrogens (tertiary/aromatic N) is 4. The summed E-state index contributed by atoms with van der Waals surface area (Å²) in [4.78, 5) is 23.9. The van der Waals surface area contributed by atoms with Crippen LogP contribution in [0.25, 0.3) is 22.1 Å². The average Bonchev–Trinajstić information content (AvgIpc) is 3.11. The second-order valence-electron chi connectivity index (χ2n) is 5.39. The normalized spacial score (nSPS) is 11.2. The number of aromatic amines is 1. The number of H-pyrrole nitrogens is 1. The van der Waals surface area contributed by atoms with E-state index in [-0.39, 0.29) is 5.91 Å². The number of aromatic nitrogens is 5. The maximum absolute atomic E-state index is 12.4. The van der Waals surface area contributed by atoms with E-state index in [1.165, 1.54) is 0 Å². The van der Waals surface area contributed by atoms with Crippen LogP contribution in [0.2, 0.25) is 0 Å². The van der Waals surface area contributed by atoms with Crippen molar-refractivity contribution >= 4 is 33.7 Å². The van der Waals surface area contributed by atoms with Gasteiger partial charge < -0.3 is 10.3 Å². The van der Waals surface area contributed by atoms with Crippen molar-refractivity contribution in [2.75, 3.05) is 5.32 Å². The van der Waals surface area contributed by atoms with Gasteiger partial charge in [-0.2, -0.15) is 5.10 Å². The van der Waals surface area contributed by atoms with E-state index in [4.69, 9.17) is 0 Å². The van der Waals surface area contributed by atoms with Gasteiger partial charge in [0, 0.05) is 18.0 Å². The Morgan fingerprint density at radius 1 is 1.26 bits per heavy atom. The number of amides is 1. The Morgan fingerprint density at radius 2 is 2.13 bits per heavy atom. The Labute approximate surface area is 131 Å².